The van der Waals surface area contributed by atoms with E-state index >= 15 is 0 Å². The summed E-state index contributed by atoms with van der Waals surface area (Å²) in [6.07, 6.45) is 8.17. The Balaban J connectivity index is 0.952. The van der Waals surface area contributed by atoms with Crippen LogP contribution in [0.3, 0.4) is 0 Å². The van der Waals surface area contributed by atoms with Crippen LogP contribution in [0.15, 0.2) is 86.0 Å². The molecule has 1 atom stereocenters. The first-order chi connectivity index (χ1) is 22.4. The second kappa shape index (κ2) is 12.2. The second-order valence-electron chi connectivity index (χ2n) is 16.5. The predicted molar refractivity (Wildman–Crippen MR) is 202 cm³/mol. The summed E-state index contributed by atoms with van der Waals surface area (Å²) in [6.45, 7) is 34.4. The molecule has 0 radical (unpaired) electrons. The largest absolute Gasteiger partial charge is 0.371 e. The molecule has 5 aliphatic heterocycles. The summed E-state index contributed by atoms with van der Waals surface area (Å²) in [7, 11) is 0. The maximum absolute atomic E-state index is 4.66. The highest BCUT2D eigenvalue weighted by Gasteiger charge is 2.48. The molecule has 4 saturated heterocycles. The number of anilines is 2. The molecule has 0 bridgehead atoms. The number of nitrogens with one attached hydrogen (secondary N) is 1. The molecule has 7 rings (SSSR count). The summed E-state index contributed by atoms with van der Waals surface area (Å²) >= 11 is 0. The number of piperidine rings is 2. The van der Waals surface area contributed by atoms with E-state index in [0.29, 0.717) is 23.5 Å². The van der Waals surface area contributed by atoms with Crippen molar-refractivity contribution in [2.75, 3.05) is 42.5 Å². The lowest BCUT2D eigenvalue weighted by Crippen LogP contribution is -2.46. The molecule has 4 fully saturated rings. The number of fused-ring (bicyclic) bond motifs is 1. The third kappa shape index (κ3) is 6.02. The highest BCUT2D eigenvalue weighted by atomic mass is 15.4. The standard InChI is InChI=1S/C41H56BN5/c1-29-13-16-39(30(2)43-29)47-26-34-14-15-36(24-38(34)31(47)3)44-21-17-33(18-22-44)25-45-19-10-20-46(32(45)4)37-12-9-11-35(23-37)42-27-40(5,6)41(7,8)28-42/h9,11-12,14-15,23-24,33,39,43H,1-4,10,13,16-22,25-28H2,5-8H3. The average molecular weight is 630 g/mol. The molecule has 5 heterocycles. The van der Waals surface area contributed by atoms with E-state index in [4.69, 9.17) is 0 Å². The van der Waals surface area contributed by atoms with Crippen molar-refractivity contribution in [3.8, 4) is 0 Å². The Labute approximate surface area is 285 Å². The highest BCUT2D eigenvalue weighted by Crippen LogP contribution is 2.52. The molecule has 0 amide bonds. The predicted octanol–water partition coefficient (Wildman–Crippen LogP) is 7.92. The Hall–Kier alpha value is -3.54. The quantitative estimate of drug-likeness (QED) is 0.328. The van der Waals surface area contributed by atoms with Gasteiger partial charge in [-0.2, -0.15) is 0 Å². The number of nitrogens with zero attached hydrogens (tertiary/aromatic N) is 4. The second-order valence-corrected chi connectivity index (χ2v) is 16.5. The van der Waals surface area contributed by atoms with Crippen molar-refractivity contribution >= 4 is 29.2 Å². The van der Waals surface area contributed by atoms with Crippen LogP contribution in [0.1, 0.15) is 70.9 Å². The van der Waals surface area contributed by atoms with Gasteiger partial charge in [-0.15, -0.1) is 0 Å². The summed E-state index contributed by atoms with van der Waals surface area (Å²) in [6, 6.07) is 16.7. The zero-order valence-electron chi connectivity index (χ0n) is 29.6. The van der Waals surface area contributed by atoms with Gasteiger partial charge in [-0.1, -0.05) is 90.3 Å². The van der Waals surface area contributed by atoms with Crippen LogP contribution in [0.5, 0.6) is 0 Å². The summed E-state index contributed by atoms with van der Waals surface area (Å²) in [5.41, 5.74) is 10.8. The minimum absolute atomic E-state index is 0.274. The molecule has 0 saturated carbocycles. The fourth-order valence-corrected chi connectivity index (χ4v) is 9.15. The van der Waals surface area contributed by atoms with Crippen molar-refractivity contribution in [3.63, 3.8) is 0 Å². The van der Waals surface area contributed by atoms with Crippen LogP contribution < -0.4 is 20.6 Å². The van der Waals surface area contributed by atoms with Crippen molar-refractivity contribution < 1.29 is 0 Å². The van der Waals surface area contributed by atoms with Gasteiger partial charge in [0.15, 0.2) is 6.71 Å². The van der Waals surface area contributed by atoms with Crippen LogP contribution in [0, 0.1) is 16.7 Å². The van der Waals surface area contributed by atoms with E-state index < -0.39 is 0 Å². The first kappa shape index (κ1) is 32.0. The Morgan fingerprint density at radius 2 is 1.60 bits per heavy atom. The molecular formula is C41H56BN5. The molecule has 5 aliphatic rings. The summed E-state index contributed by atoms with van der Waals surface area (Å²) in [4.78, 5) is 10.1. The molecule has 47 heavy (non-hydrogen) atoms. The summed E-state index contributed by atoms with van der Waals surface area (Å²) in [5, 5.41) is 3.39. The van der Waals surface area contributed by atoms with Gasteiger partial charge in [0.1, 0.15) is 5.82 Å². The Kier molecular flexibility index (Phi) is 8.29. The van der Waals surface area contributed by atoms with Gasteiger partial charge in [-0.25, -0.2) is 0 Å². The Bertz CT molecular complexity index is 1560. The number of hydrogen-bond acceptors (Lipinski definition) is 5. The Morgan fingerprint density at radius 1 is 0.851 bits per heavy atom. The maximum Gasteiger partial charge on any atom is 0.177 e. The molecule has 1 N–H and O–H groups in total. The van der Waals surface area contributed by atoms with E-state index in [2.05, 4.69) is 121 Å². The average Bonchev–Trinajstić information content (AvgIpc) is 3.48. The van der Waals surface area contributed by atoms with Crippen molar-refractivity contribution in [1.29, 1.82) is 0 Å². The lowest BCUT2D eigenvalue weighted by molar-refractivity contribution is 0.177. The molecule has 0 aliphatic carbocycles. The number of benzene rings is 2. The van der Waals surface area contributed by atoms with Crippen molar-refractivity contribution in [3.05, 3.63) is 97.1 Å². The third-order valence-electron chi connectivity index (χ3n) is 12.9. The van der Waals surface area contributed by atoms with Gasteiger partial charge in [-0.05, 0) is 78.7 Å². The number of allylic oxidation sites excluding steroid dienone is 1. The van der Waals surface area contributed by atoms with Crippen LogP contribution in [0.4, 0.5) is 11.4 Å². The third-order valence-corrected chi connectivity index (χ3v) is 12.9. The molecule has 1 unspecified atom stereocenters. The zero-order chi connectivity index (χ0) is 33.1. The van der Waals surface area contributed by atoms with E-state index in [1.54, 1.807) is 0 Å². The molecule has 6 heteroatoms. The molecule has 2 aromatic rings. The zero-order valence-corrected chi connectivity index (χ0v) is 29.6. The normalized spacial score (nSPS) is 24.7. The first-order valence-electron chi connectivity index (χ1n) is 18.2. The summed E-state index contributed by atoms with van der Waals surface area (Å²) < 4.78 is 0. The van der Waals surface area contributed by atoms with Gasteiger partial charge >= 0.3 is 0 Å². The molecular weight excluding hydrogens is 573 g/mol. The van der Waals surface area contributed by atoms with E-state index in [1.165, 1.54) is 65.7 Å². The van der Waals surface area contributed by atoms with Gasteiger partial charge in [-0.3, -0.25) is 0 Å². The maximum atomic E-state index is 4.66. The fourth-order valence-electron chi connectivity index (χ4n) is 9.15. The monoisotopic (exact) mass is 629 g/mol. The molecule has 2 aromatic carbocycles. The number of hydrogen-bond donors (Lipinski definition) is 1. The summed E-state index contributed by atoms with van der Waals surface area (Å²) in [5.74, 6) is 1.88. The molecule has 248 valence electrons. The lowest BCUT2D eigenvalue weighted by Gasteiger charge is -2.43. The van der Waals surface area contributed by atoms with Gasteiger partial charge in [0.05, 0.1) is 6.04 Å². The van der Waals surface area contributed by atoms with Gasteiger partial charge in [0.25, 0.3) is 0 Å². The van der Waals surface area contributed by atoms with Crippen LogP contribution in [-0.2, 0) is 6.54 Å². The lowest BCUT2D eigenvalue weighted by atomic mass is 9.42. The van der Waals surface area contributed by atoms with Crippen LogP contribution in [0.25, 0.3) is 5.70 Å². The van der Waals surface area contributed by atoms with Crippen molar-refractivity contribution in [1.82, 2.24) is 15.1 Å². The minimum Gasteiger partial charge on any atom is -0.371 e. The van der Waals surface area contributed by atoms with Crippen LogP contribution >= 0.6 is 0 Å². The van der Waals surface area contributed by atoms with Gasteiger partial charge in [0.2, 0.25) is 0 Å². The van der Waals surface area contributed by atoms with Crippen LogP contribution in [0.2, 0.25) is 12.6 Å². The Morgan fingerprint density at radius 3 is 2.32 bits per heavy atom. The SMILES string of the molecule is C=C1CCC(N2Cc3ccc(N4CCC(CN5CCCN(c6cccc(B7CC(C)(C)C(C)(C)C7)c6)C5=C)CC4)cc3C2=C)C(=C)N1. The van der Waals surface area contributed by atoms with E-state index in [0.717, 1.165) is 69.2 Å². The smallest absolute Gasteiger partial charge is 0.177 e. The molecule has 0 aromatic heterocycles. The van der Waals surface area contributed by atoms with Crippen molar-refractivity contribution in [2.45, 2.75) is 85.0 Å². The number of rotatable bonds is 6. The van der Waals surface area contributed by atoms with Gasteiger partial charge in [0, 0.05) is 73.3 Å². The topological polar surface area (TPSA) is 25.0 Å². The fraction of sp³-hybridized carbons (Fsp3) is 0.512. The highest BCUT2D eigenvalue weighted by molar-refractivity contribution is 6.74. The van der Waals surface area contributed by atoms with Crippen LogP contribution in [-0.4, -0.2) is 55.3 Å². The van der Waals surface area contributed by atoms with Gasteiger partial charge < -0.3 is 24.9 Å². The minimum atomic E-state index is 0.274. The first-order valence-corrected chi connectivity index (χ1v) is 18.2. The van der Waals surface area contributed by atoms with E-state index in [9.17, 15) is 0 Å². The molecule has 0 spiro atoms. The molecule has 5 nitrogen and oxygen atoms in total. The van der Waals surface area contributed by atoms with Crippen molar-refractivity contribution in [2.24, 2.45) is 16.7 Å². The van der Waals surface area contributed by atoms with E-state index in [1.807, 2.05) is 0 Å². The van der Waals surface area contributed by atoms with E-state index in [-0.39, 0.29) is 6.04 Å².